The number of carbonyl (C=O) groups excluding carboxylic acids is 2. The Kier molecular flexibility index (Phi) is 7.53. The maximum atomic E-state index is 12.0. The van der Waals surface area contributed by atoms with Crippen molar-refractivity contribution in [1.82, 2.24) is 10.2 Å². The third-order valence-electron chi connectivity index (χ3n) is 2.70. The van der Waals surface area contributed by atoms with Crippen molar-refractivity contribution in [2.24, 2.45) is 0 Å². The molecule has 0 aliphatic rings. The minimum atomic E-state index is -0.111. The van der Waals surface area contributed by atoms with E-state index in [1.807, 2.05) is 38.1 Å². The van der Waals surface area contributed by atoms with Gasteiger partial charge in [-0.3, -0.25) is 14.5 Å². The molecular formula is C14H20IN3O2. The zero-order chi connectivity index (χ0) is 15.0. The number of anilines is 1. The highest BCUT2D eigenvalue weighted by Gasteiger charge is 2.13. The molecule has 2 N–H and O–H groups in total. The Morgan fingerprint density at radius 2 is 1.80 bits per heavy atom. The molecule has 2 amide bonds. The van der Waals surface area contributed by atoms with E-state index in [0.29, 0.717) is 13.1 Å². The van der Waals surface area contributed by atoms with E-state index in [-0.39, 0.29) is 24.9 Å². The Morgan fingerprint density at radius 3 is 2.40 bits per heavy atom. The monoisotopic (exact) mass is 389 g/mol. The summed E-state index contributed by atoms with van der Waals surface area (Å²) < 4.78 is 0.991. The fraction of sp³-hybridized carbons (Fsp3) is 0.429. The number of halogens is 1. The van der Waals surface area contributed by atoms with Crippen molar-refractivity contribution in [2.45, 2.75) is 13.8 Å². The molecule has 0 saturated heterocycles. The van der Waals surface area contributed by atoms with Gasteiger partial charge in [-0.2, -0.15) is 0 Å². The fourth-order valence-corrected chi connectivity index (χ4v) is 2.21. The highest BCUT2D eigenvalue weighted by Crippen LogP contribution is 2.16. The molecule has 1 rings (SSSR count). The summed E-state index contributed by atoms with van der Waals surface area (Å²) >= 11 is 2.18. The summed E-state index contributed by atoms with van der Waals surface area (Å²) in [5, 5.41) is 5.59. The van der Waals surface area contributed by atoms with Crippen LogP contribution in [0.1, 0.15) is 13.8 Å². The highest BCUT2D eigenvalue weighted by atomic mass is 127. The number of hydrogen-bond acceptors (Lipinski definition) is 3. The molecule has 5 nitrogen and oxygen atoms in total. The standard InChI is InChI=1S/C14H20IN3O2/c1-3-16-13(19)9-18(4-2)10-14(20)17-12-8-6-5-7-11(12)15/h5-8H,3-4,9-10H2,1-2H3,(H,16,19)(H,17,20). The van der Waals surface area contributed by atoms with Gasteiger partial charge >= 0.3 is 0 Å². The first kappa shape index (κ1) is 16.9. The van der Waals surface area contributed by atoms with Crippen LogP contribution in [0.3, 0.4) is 0 Å². The van der Waals surface area contributed by atoms with Crippen LogP contribution in [0, 0.1) is 3.57 Å². The van der Waals surface area contributed by atoms with Gasteiger partial charge in [0.1, 0.15) is 0 Å². The second kappa shape index (κ2) is 8.91. The van der Waals surface area contributed by atoms with E-state index in [4.69, 9.17) is 0 Å². The van der Waals surface area contributed by atoms with E-state index in [0.717, 1.165) is 9.26 Å². The number of amides is 2. The Morgan fingerprint density at radius 1 is 1.15 bits per heavy atom. The maximum absolute atomic E-state index is 12.0. The number of carbonyl (C=O) groups is 2. The van der Waals surface area contributed by atoms with Crippen LogP contribution >= 0.6 is 22.6 Å². The van der Waals surface area contributed by atoms with Crippen molar-refractivity contribution in [1.29, 1.82) is 0 Å². The van der Waals surface area contributed by atoms with Gasteiger partial charge in [0.2, 0.25) is 11.8 Å². The summed E-state index contributed by atoms with van der Waals surface area (Å²) in [5.74, 6) is -0.170. The number of nitrogens with one attached hydrogen (secondary N) is 2. The lowest BCUT2D eigenvalue weighted by Gasteiger charge is -2.19. The van der Waals surface area contributed by atoms with E-state index in [9.17, 15) is 9.59 Å². The lowest BCUT2D eigenvalue weighted by molar-refractivity contribution is -0.123. The molecule has 0 atom stereocenters. The lowest BCUT2D eigenvalue weighted by atomic mass is 10.3. The summed E-state index contributed by atoms with van der Waals surface area (Å²) in [5.41, 5.74) is 0.798. The van der Waals surface area contributed by atoms with Gasteiger partial charge in [0.25, 0.3) is 0 Å². The van der Waals surface area contributed by atoms with Crippen molar-refractivity contribution >= 4 is 40.1 Å². The van der Waals surface area contributed by atoms with Crippen molar-refractivity contribution in [3.63, 3.8) is 0 Å². The van der Waals surface area contributed by atoms with Crippen molar-refractivity contribution in [3.05, 3.63) is 27.8 Å². The van der Waals surface area contributed by atoms with Gasteiger partial charge in [0, 0.05) is 10.1 Å². The average Bonchev–Trinajstić information content (AvgIpc) is 2.41. The first-order valence-corrected chi connectivity index (χ1v) is 7.68. The van der Waals surface area contributed by atoms with Gasteiger partial charge in [0.15, 0.2) is 0 Å². The molecule has 0 aliphatic carbocycles. The molecular weight excluding hydrogens is 369 g/mol. The quantitative estimate of drug-likeness (QED) is 0.698. The molecule has 0 aromatic heterocycles. The minimum absolute atomic E-state index is 0.0589. The van der Waals surface area contributed by atoms with Crippen LogP contribution in [-0.4, -0.2) is 42.9 Å². The molecule has 0 bridgehead atoms. The molecule has 20 heavy (non-hydrogen) atoms. The molecule has 0 radical (unpaired) electrons. The largest absolute Gasteiger partial charge is 0.355 e. The summed E-state index contributed by atoms with van der Waals surface area (Å²) in [6.07, 6.45) is 0. The van der Waals surface area contributed by atoms with Gasteiger partial charge in [0.05, 0.1) is 18.8 Å². The van der Waals surface area contributed by atoms with Gasteiger partial charge in [-0.15, -0.1) is 0 Å². The molecule has 110 valence electrons. The zero-order valence-corrected chi connectivity index (χ0v) is 13.9. The number of benzene rings is 1. The summed E-state index contributed by atoms with van der Waals surface area (Å²) in [6, 6.07) is 7.59. The average molecular weight is 389 g/mol. The van der Waals surface area contributed by atoms with Crippen LogP contribution in [-0.2, 0) is 9.59 Å². The topological polar surface area (TPSA) is 61.4 Å². The third-order valence-corrected chi connectivity index (χ3v) is 3.64. The molecule has 1 aromatic carbocycles. The molecule has 0 fully saturated rings. The zero-order valence-electron chi connectivity index (χ0n) is 11.8. The minimum Gasteiger partial charge on any atom is -0.355 e. The summed E-state index contributed by atoms with van der Waals surface area (Å²) in [4.78, 5) is 25.3. The van der Waals surface area contributed by atoms with Crippen LogP contribution < -0.4 is 10.6 Å². The summed E-state index contributed by atoms with van der Waals surface area (Å²) in [6.45, 7) is 5.50. The molecule has 0 heterocycles. The number of hydrogen-bond donors (Lipinski definition) is 2. The van der Waals surface area contributed by atoms with Crippen molar-refractivity contribution in [2.75, 3.05) is 31.5 Å². The Hall–Kier alpha value is -1.15. The molecule has 0 saturated carbocycles. The number of likely N-dealkylation sites (N-methyl/N-ethyl adjacent to an activating group) is 2. The maximum Gasteiger partial charge on any atom is 0.238 e. The Bertz CT molecular complexity index is 465. The van der Waals surface area contributed by atoms with Gasteiger partial charge in [-0.25, -0.2) is 0 Å². The highest BCUT2D eigenvalue weighted by molar-refractivity contribution is 14.1. The van der Waals surface area contributed by atoms with Crippen LogP contribution in [0.25, 0.3) is 0 Å². The van der Waals surface area contributed by atoms with Crippen molar-refractivity contribution in [3.8, 4) is 0 Å². The van der Waals surface area contributed by atoms with Gasteiger partial charge in [-0.1, -0.05) is 19.1 Å². The van der Waals surface area contributed by atoms with E-state index >= 15 is 0 Å². The van der Waals surface area contributed by atoms with Crippen molar-refractivity contribution < 1.29 is 9.59 Å². The second-order valence-corrected chi connectivity index (χ2v) is 5.45. The molecule has 0 aliphatic heterocycles. The van der Waals surface area contributed by atoms with E-state index in [1.54, 1.807) is 4.90 Å². The van der Waals surface area contributed by atoms with Crippen LogP contribution in [0.2, 0.25) is 0 Å². The predicted octanol–water partition coefficient (Wildman–Crippen LogP) is 1.69. The normalized spacial score (nSPS) is 10.4. The summed E-state index contributed by atoms with van der Waals surface area (Å²) in [7, 11) is 0. The van der Waals surface area contributed by atoms with Gasteiger partial charge < -0.3 is 10.6 Å². The number of nitrogens with zero attached hydrogens (tertiary/aromatic N) is 1. The van der Waals surface area contributed by atoms with Crippen LogP contribution in [0.4, 0.5) is 5.69 Å². The molecule has 0 spiro atoms. The molecule has 1 aromatic rings. The molecule has 6 heteroatoms. The number of para-hydroxylation sites is 1. The first-order valence-electron chi connectivity index (χ1n) is 6.60. The Labute approximate surface area is 133 Å². The third kappa shape index (κ3) is 5.87. The molecule has 0 unspecified atom stereocenters. The number of rotatable bonds is 7. The van der Waals surface area contributed by atoms with E-state index < -0.39 is 0 Å². The first-order chi connectivity index (χ1) is 9.56. The SMILES string of the molecule is CCNC(=O)CN(CC)CC(=O)Nc1ccccc1I. The predicted molar refractivity (Wildman–Crippen MR) is 88.6 cm³/mol. The van der Waals surface area contributed by atoms with Crippen LogP contribution in [0.5, 0.6) is 0 Å². The van der Waals surface area contributed by atoms with E-state index in [2.05, 4.69) is 33.2 Å². The fourth-order valence-electron chi connectivity index (χ4n) is 1.69. The van der Waals surface area contributed by atoms with Crippen LogP contribution in [0.15, 0.2) is 24.3 Å². The van der Waals surface area contributed by atoms with E-state index in [1.165, 1.54) is 0 Å². The Balaban J connectivity index is 2.51. The smallest absolute Gasteiger partial charge is 0.238 e. The lowest BCUT2D eigenvalue weighted by Crippen LogP contribution is -2.41. The second-order valence-electron chi connectivity index (χ2n) is 4.28. The van der Waals surface area contributed by atoms with Gasteiger partial charge in [-0.05, 0) is 48.2 Å².